The molecular weight excluding hydrogens is 717 g/mol. The maximum atomic E-state index is 14.4. The lowest BCUT2D eigenvalue weighted by Gasteiger charge is -2.32. The summed E-state index contributed by atoms with van der Waals surface area (Å²) in [7, 11) is -3.99. The van der Waals surface area contributed by atoms with Crippen LogP contribution in [0.3, 0.4) is 0 Å². The van der Waals surface area contributed by atoms with Crippen LogP contribution in [0.2, 0.25) is 0 Å². The van der Waals surface area contributed by atoms with Crippen molar-refractivity contribution in [2.75, 3.05) is 6.54 Å². The topological polar surface area (TPSA) is 207 Å². The first-order valence-electron chi connectivity index (χ1n) is 17.1. The Morgan fingerprint density at radius 1 is 1.09 bits per heavy atom. The highest BCUT2D eigenvalue weighted by Crippen LogP contribution is 2.45. The number of likely N-dealkylation sites (tertiary alicyclic amines) is 1. The number of carbonyl (C=O) groups excluding carboxylic acids is 6. The largest absolute Gasteiger partial charge is 0.457 e. The Balaban J connectivity index is 1.41. The molecule has 0 bridgehead atoms. The summed E-state index contributed by atoms with van der Waals surface area (Å²) in [5, 5.41) is 4.30. The van der Waals surface area contributed by atoms with Crippen molar-refractivity contribution in [3.05, 3.63) is 60.5 Å². The van der Waals surface area contributed by atoms with E-state index in [4.69, 9.17) is 14.2 Å². The second-order valence-corrected chi connectivity index (χ2v) is 16.6. The van der Waals surface area contributed by atoms with Crippen LogP contribution in [0, 0.1) is 11.7 Å². The molecule has 18 heteroatoms. The van der Waals surface area contributed by atoms with E-state index < -0.39 is 98.3 Å². The van der Waals surface area contributed by atoms with E-state index in [1.165, 1.54) is 30.0 Å². The fourth-order valence-electron chi connectivity index (χ4n) is 6.41. The van der Waals surface area contributed by atoms with Gasteiger partial charge in [0.15, 0.2) is 0 Å². The van der Waals surface area contributed by atoms with E-state index in [1.807, 2.05) is 0 Å². The number of carbonyl (C=O) groups is 6. The van der Waals surface area contributed by atoms with Crippen LogP contribution in [0.15, 0.2) is 43.5 Å². The third-order valence-electron chi connectivity index (χ3n) is 9.43. The van der Waals surface area contributed by atoms with Crippen molar-refractivity contribution in [3.63, 3.8) is 0 Å². The zero-order valence-electron chi connectivity index (χ0n) is 29.9. The second kappa shape index (κ2) is 14.8. The molecule has 1 saturated heterocycles. The molecule has 2 heterocycles. The Morgan fingerprint density at radius 3 is 2.38 bits per heavy atom. The number of sulfonamides is 1. The number of halogens is 1. The first-order valence-corrected chi connectivity index (χ1v) is 18.7. The molecule has 0 aromatic heterocycles. The van der Waals surface area contributed by atoms with E-state index in [0.29, 0.717) is 24.0 Å². The van der Waals surface area contributed by atoms with Gasteiger partial charge in [0.2, 0.25) is 21.8 Å². The molecule has 1 unspecified atom stereocenters. The summed E-state index contributed by atoms with van der Waals surface area (Å²) in [6.45, 7) is 12.7. The number of alkyl carbamates (subject to hydrolysis) is 1. The molecule has 3 fully saturated rings. The Bertz CT molecular complexity index is 1830. The van der Waals surface area contributed by atoms with Crippen LogP contribution in [0.4, 0.5) is 14.0 Å². The number of nitrogens with zero attached hydrogens (tertiary/aromatic N) is 2. The van der Waals surface area contributed by atoms with Crippen LogP contribution in [-0.2, 0) is 56.5 Å². The average molecular weight is 762 g/mol. The summed E-state index contributed by atoms with van der Waals surface area (Å²) in [6.07, 6.45) is -1.54. The lowest BCUT2D eigenvalue weighted by molar-refractivity contribution is -0.150. The van der Waals surface area contributed by atoms with E-state index in [1.54, 1.807) is 26.8 Å². The molecule has 16 nitrogen and oxygen atoms in total. The van der Waals surface area contributed by atoms with Gasteiger partial charge >= 0.3 is 18.2 Å². The molecule has 6 atom stereocenters. The average Bonchev–Trinajstić information content (AvgIpc) is 3.96. The minimum Gasteiger partial charge on any atom is -0.457 e. The van der Waals surface area contributed by atoms with Crippen molar-refractivity contribution in [2.24, 2.45) is 5.92 Å². The van der Waals surface area contributed by atoms with E-state index in [-0.39, 0.29) is 32.5 Å². The predicted octanol–water partition coefficient (Wildman–Crippen LogP) is 1.93. The molecule has 5 amide bonds. The number of hydrogen-bond acceptors (Lipinski definition) is 11. The lowest BCUT2D eigenvalue weighted by Crippen LogP contribution is -2.60. The van der Waals surface area contributed by atoms with Gasteiger partial charge in [-0.2, -0.15) is 0 Å². The van der Waals surface area contributed by atoms with Gasteiger partial charge in [-0.1, -0.05) is 24.8 Å². The minimum atomic E-state index is -3.99. The number of rotatable bonds is 12. The van der Waals surface area contributed by atoms with Gasteiger partial charge in [0.1, 0.15) is 41.2 Å². The standard InChI is InChI=1S/C35H44FN5O11S/c1-7-21-15-35(21,31(45)39-53(48,49)23-12-13-23)38-29(43)26-14-22(51-33(47)40-16-20-10-9-11-25(36)24(20)18-40)17-41(26)30(44)28(19(3)50-27(42)8-2)37-32(46)52-34(4,5)6/h7-11,19,21-23,26,28H,1-2,12-18H2,3-6H3,(H,37,46)(H,38,43)(H,39,45)/t19-,21-,22-,26?,28+,35-/m1/s1. The summed E-state index contributed by atoms with van der Waals surface area (Å²) in [5.41, 5.74) is -1.76. The van der Waals surface area contributed by atoms with Crippen LogP contribution in [0.1, 0.15) is 64.5 Å². The van der Waals surface area contributed by atoms with Crippen LogP contribution in [-0.4, -0.2) is 101 Å². The predicted molar refractivity (Wildman–Crippen MR) is 184 cm³/mol. The molecule has 0 radical (unpaired) electrons. The maximum Gasteiger partial charge on any atom is 0.410 e. The molecule has 53 heavy (non-hydrogen) atoms. The van der Waals surface area contributed by atoms with Gasteiger partial charge in [-0.25, -0.2) is 27.2 Å². The van der Waals surface area contributed by atoms with Crippen molar-refractivity contribution in [1.82, 2.24) is 25.2 Å². The summed E-state index contributed by atoms with van der Waals surface area (Å²) in [6, 6.07) is 1.41. The van der Waals surface area contributed by atoms with E-state index in [2.05, 4.69) is 28.5 Å². The molecule has 288 valence electrons. The monoisotopic (exact) mass is 761 g/mol. The molecule has 1 aromatic carbocycles. The maximum absolute atomic E-state index is 14.4. The van der Waals surface area contributed by atoms with Crippen LogP contribution >= 0.6 is 0 Å². The first kappa shape index (κ1) is 39.2. The SMILES string of the molecule is C=CC(=O)O[C@H](C)[C@H](NC(=O)OC(C)(C)C)C(=O)N1C[C@H](OC(=O)N2Cc3cccc(F)c3C2)CC1C(=O)N[C@]1(C(=O)NS(=O)(=O)C2CC2)C[C@H]1C=C. The number of nitrogens with one attached hydrogen (secondary N) is 3. The zero-order valence-corrected chi connectivity index (χ0v) is 30.7. The van der Waals surface area contributed by atoms with Crippen molar-refractivity contribution in [3.8, 4) is 0 Å². The van der Waals surface area contributed by atoms with Crippen molar-refractivity contribution >= 4 is 45.9 Å². The van der Waals surface area contributed by atoms with Gasteiger partial charge in [-0.15, -0.1) is 6.58 Å². The van der Waals surface area contributed by atoms with Gasteiger partial charge in [0.25, 0.3) is 5.91 Å². The number of hydrogen-bond donors (Lipinski definition) is 3. The van der Waals surface area contributed by atoms with Gasteiger partial charge in [-0.05, 0) is 58.6 Å². The highest BCUT2D eigenvalue weighted by molar-refractivity contribution is 7.91. The highest BCUT2D eigenvalue weighted by atomic mass is 32.2. The van der Waals surface area contributed by atoms with Crippen LogP contribution in [0.5, 0.6) is 0 Å². The normalized spacial score (nSPS) is 24.5. The quantitative estimate of drug-likeness (QED) is 0.121. The molecule has 5 rings (SSSR count). The lowest BCUT2D eigenvalue weighted by atomic mass is 10.1. The Kier molecular flexibility index (Phi) is 10.9. The van der Waals surface area contributed by atoms with Crippen molar-refractivity contribution < 1.29 is 55.8 Å². The van der Waals surface area contributed by atoms with E-state index >= 15 is 0 Å². The van der Waals surface area contributed by atoms with Gasteiger partial charge < -0.3 is 29.7 Å². The Labute approximate surface area is 306 Å². The Morgan fingerprint density at radius 2 is 1.79 bits per heavy atom. The van der Waals surface area contributed by atoms with Gasteiger partial charge in [-0.3, -0.25) is 24.0 Å². The molecule has 2 aliphatic heterocycles. The van der Waals surface area contributed by atoms with Crippen molar-refractivity contribution in [1.29, 1.82) is 0 Å². The van der Waals surface area contributed by atoms with Crippen molar-refractivity contribution in [2.45, 2.75) is 107 Å². The highest BCUT2D eigenvalue weighted by Gasteiger charge is 2.62. The number of fused-ring (bicyclic) bond motifs is 1. The molecule has 3 N–H and O–H groups in total. The molecule has 0 spiro atoms. The Hall–Kier alpha value is -5.00. The summed E-state index contributed by atoms with van der Waals surface area (Å²) < 4.78 is 58.1. The van der Waals surface area contributed by atoms with Crippen LogP contribution < -0.4 is 15.4 Å². The zero-order chi connectivity index (χ0) is 39.0. The summed E-state index contributed by atoms with van der Waals surface area (Å²) in [5.74, 6) is -4.81. The van der Waals surface area contributed by atoms with Gasteiger partial charge in [0, 0.05) is 30.5 Å². The van der Waals surface area contributed by atoms with E-state index in [0.717, 1.165) is 11.0 Å². The summed E-state index contributed by atoms with van der Waals surface area (Å²) >= 11 is 0. The summed E-state index contributed by atoms with van der Waals surface area (Å²) in [4.78, 5) is 82.5. The van der Waals surface area contributed by atoms with Crippen LogP contribution in [0.25, 0.3) is 0 Å². The number of amides is 5. The molecule has 1 aromatic rings. The van der Waals surface area contributed by atoms with E-state index in [9.17, 15) is 41.6 Å². The third kappa shape index (κ3) is 8.80. The molecular formula is C35H44FN5O11S. The third-order valence-corrected chi connectivity index (χ3v) is 11.2. The smallest absolute Gasteiger partial charge is 0.410 e. The fraction of sp³-hybridized carbons (Fsp3) is 0.543. The first-order chi connectivity index (χ1) is 24.8. The fourth-order valence-corrected chi connectivity index (χ4v) is 7.78. The minimum absolute atomic E-state index is 0.0246. The second-order valence-electron chi connectivity index (χ2n) is 14.6. The molecule has 2 aliphatic carbocycles. The number of ether oxygens (including phenoxy) is 3. The number of benzene rings is 1. The van der Waals surface area contributed by atoms with Gasteiger partial charge in [0.05, 0.1) is 18.3 Å². The number of esters is 1. The molecule has 2 saturated carbocycles. The molecule has 4 aliphatic rings.